The number of benzene rings is 1. The molecule has 1 radical (unpaired) electrons. The predicted octanol–water partition coefficient (Wildman–Crippen LogP) is 4.06. The third-order valence-corrected chi connectivity index (χ3v) is 2.68. The van der Waals surface area contributed by atoms with Crippen molar-refractivity contribution in [2.45, 2.75) is 45.8 Å². The molecule has 1 aliphatic rings. The summed E-state index contributed by atoms with van der Waals surface area (Å²) in [6, 6.07) is 4.72. The fraction of sp³-hybridized carbons (Fsp3) is 0.538. The molecule has 0 aromatic heterocycles. The second kappa shape index (κ2) is 3.86. The van der Waals surface area contributed by atoms with Gasteiger partial charge in [-0.05, 0) is 29.5 Å². The number of halogens is 2. The van der Waals surface area contributed by atoms with Crippen LogP contribution in [-0.2, 0) is 0 Å². The first-order chi connectivity index (χ1) is 7.80. The zero-order chi connectivity index (χ0) is 12.8. The minimum Gasteiger partial charge on any atom is -0.395 e. The highest BCUT2D eigenvalue weighted by Gasteiger charge is 2.45. The van der Waals surface area contributed by atoms with Gasteiger partial charge in [-0.15, -0.1) is 8.78 Å². The second-order valence-electron chi connectivity index (χ2n) is 4.81. The first-order valence-corrected chi connectivity index (χ1v) is 5.66. The highest BCUT2D eigenvalue weighted by atomic mass is 19.3. The standard InChI is InChI=1S/C13H15F2O2/c1-7(2)9-5-10(8(3)4)12-11(6-9)16-13(14,15)17-12/h6-8H,1-4H3. The molecule has 0 N–H and O–H groups in total. The van der Waals surface area contributed by atoms with Crippen molar-refractivity contribution in [1.82, 2.24) is 0 Å². The van der Waals surface area contributed by atoms with Crippen LogP contribution in [0.5, 0.6) is 11.5 Å². The minimum atomic E-state index is -3.56. The monoisotopic (exact) mass is 241 g/mol. The summed E-state index contributed by atoms with van der Waals surface area (Å²) in [4.78, 5) is 0. The molecule has 1 aromatic carbocycles. The Morgan fingerprint density at radius 3 is 2.29 bits per heavy atom. The highest BCUT2D eigenvalue weighted by molar-refractivity contribution is 5.52. The summed E-state index contributed by atoms with van der Waals surface area (Å²) in [5, 5.41) is 0. The van der Waals surface area contributed by atoms with Crippen molar-refractivity contribution in [2.24, 2.45) is 0 Å². The first-order valence-electron chi connectivity index (χ1n) is 5.66. The molecule has 93 valence electrons. The molecule has 0 aliphatic carbocycles. The fourth-order valence-corrected chi connectivity index (χ4v) is 1.75. The van der Waals surface area contributed by atoms with Crippen LogP contribution in [-0.4, -0.2) is 6.29 Å². The zero-order valence-electron chi connectivity index (χ0n) is 10.3. The molecule has 1 aliphatic heterocycles. The van der Waals surface area contributed by atoms with E-state index in [9.17, 15) is 8.78 Å². The quantitative estimate of drug-likeness (QED) is 0.777. The van der Waals surface area contributed by atoms with Crippen LogP contribution >= 0.6 is 0 Å². The second-order valence-corrected chi connectivity index (χ2v) is 4.81. The molecule has 0 spiro atoms. The number of ether oxygens (including phenoxy) is 2. The van der Waals surface area contributed by atoms with Crippen LogP contribution in [0.4, 0.5) is 8.78 Å². The van der Waals surface area contributed by atoms with Gasteiger partial charge in [0.25, 0.3) is 0 Å². The highest BCUT2D eigenvalue weighted by Crippen LogP contribution is 2.46. The van der Waals surface area contributed by atoms with Gasteiger partial charge in [0.1, 0.15) is 0 Å². The van der Waals surface area contributed by atoms with E-state index < -0.39 is 6.29 Å². The number of rotatable bonds is 2. The van der Waals surface area contributed by atoms with Crippen molar-refractivity contribution in [3.63, 3.8) is 0 Å². The Morgan fingerprint density at radius 2 is 1.76 bits per heavy atom. The third-order valence-electron chi connectivity index (χ3n) is 2.68. The van der Waals surface area contributed by atoms with Crippen molar-refractivity contribution < 1.29 is 18.3 Å². The average Bonchev–Trinajstić information content (AvgIpc) is 2.49. The lowest BCUT2D eigenvalue weighted by atomic mass is 9.94. The Balaban J connectivity index is 2.54. The van der Waals surface area contributed by atoms with Crippen LogP contribution in [0.15, 0.2) is 6.07 Å². The number of fused-ring (bicyclic) bond motifs is 1. The Hall–Kier alpha value is -1.32. The van der Waals surface area contributed by atoms with Crippen molar-refractivity contribution in [3.05, 3.63) is 23.3 Å². The molecule has 0 saturated heterocycles. The van der Waals surface area contributed by atoms with Crippen LogP contribution in [0.1, 0.15) is 50.7 Å². The van der Waals surface area contributed by atoms with E-state index in [1.54, 1.807) is 6.07 Å². The van der Waals surface area contributed by atoms with E-state index in [0.29, 0.717) is 5.56 Å². The van der Waals surface area contributed by atoms with E-state index in [-0.39, 0.29) is 23.3 Å². The van der Waals surface area contributed by atoms with Crippen LogP contribution in [0.3, 0.4) is 0 Å². The molecule has 4 heteroatoms. The summed E-state index contributed by atoms with van der Waals surface area (Å²) in [6.45, 7) is 7.79. The lowest BCUT2D eigenvalue weighted by Gasteiger charge is -2.12. The Bertz CT molecular complexity index is 439. The molecule has 2 rings (SSSR count). The Labute approximate surface area is 99.5 Å². The van der Waals surface area contributed by atoms with Gasteiger partial charge < -0.3 is 9.47 Å². The first kappa shape index (κ1) is 12.1. The number of hydrogen-bond acceptors (Lipinski definition) is 2. The van der Waals surface area contributed by atoms with Crippen LogP contribution < -0.4 is 9.47 Å². The molecular formula is C13H15F2O2. The molecule has 1 heterocycles. The van der Waals surface area contributed by atoms with E-state index in [4.69, 9.17) is 0 Å². The molecule has 0 bridgehead atoms. The summed E-state index contributed by atoms with van der Waals surface area (Å²) >= 11 is 0. The zero-order valence-corrected chi connectivity index (χ0v) is 10.3. The summed E-state index contributed by atoms with van der Waals surface area (Å²) in [7, 11) is 0. The summed E-state index contributed by atoms with van der Waals surface area (Å²) in [6.07, 6.45) is -3.56. The predicted molar refractivity (Wildman–Crippen MR) is 59.7 cm³/mol. The summed E-state index contributed by atoms with van der Waals surface area (Å²) < 4.78 is 35.1. The van der Waals surface area contributed by atoms with Gasteiger partial charge in [0, 0.05) is 5.56 Å². The molecule has 0 amide bonds. The molecule has 0 unspecified atom stereocenters. The van der Waals surface area contributed by atoms with Gasteiger partial charge in [0.15, 0.2) is 11.5 Å². The summed E-state index contributed by atoms with van der Waals surface area (Å²) in [5.74, 6) is 0.492. The number of alkyl halides is 2. The van der Waals surface area contributed by atoms with E-state index in [1.165, 1.54) is 0 Å². The van der Waals surface area contributed by atoms with Gasteiger partial charge in [-0.2, -0.15) is 0 Å². The van der Waals surface area contributed by atoms with Crippen molar-refractivity contribution in [1.29, 1.82) is 0 Å². The number of hydrogen-bond donors (Lipinski definition) is 0. The van der Waals surface area contributed by atoms with Gasteiger partial charge in [-0.3, -0.25) is 0 Å². The SMILES string of the molecule is CC(C)c1[c]c(C(C)C)c2c(c1)OC(F)(F)O2. The normalized spacial score (nSPS) is 16.9. The summed E-state index contributed by atoms with van der Waals surface area (Å²) in [5.41, 5.74) is 1.50. The average molecular weight is 241 g/mol. The molecule has 2 nitrogen and oxygen atoms in total. The molecule has 0 fully saturated rings. The maximum atomic E-state index is 13.1. The lowest BCUT2D eigenvalue weighted by molar-refractivity contribution is -0.287. The van der Waals surface area contributed by atoms with Gasteiger partial charge in [0.2, 0.25) is 0 Å². The van der Waals surface area contributed by atoms with E-state index >= 15 is 0 Å². The smallest absolute Gasteiger partial charge is 0.395 e. The molecule has 0 atom stereocenters. The van der Waals surface area contributed by atoms with Crippen LogP contribution in [0.25, 0.3) is 0 Å². The van der Waals surface area contributed by atoms with Crippen molar-refractivity contribution in [2.75, 3.05) is 0 Å². The molecular weight excluding hydrogens is 226 g/mol. The molecule has 1 aromatic rings. The van der Waals surface area contributed by atoms with Gasteiger partial charge in [0.05, 0.1) is 0 Å². The largest absolute Gasteiger partial charge is 0.586 e. The minimum absolute atomic E-state index is 0.0555. The van der Waals surface area contributed by atoms with Crippen molar-refractivity contribution >= 4 is 0 Å². The topological polar surface area (TPSA) is 18.5 Å². The van der Waals surface area contributed by atoms with Crippen LogP contribution in [0, 0.1) is 6.07 Å². The maximum Gasteiger partial charge on any atom is 0.586 e. The van der Waals surface area contributed by atoms with E-state index in [2.05, 4.69) is 15.5 Å². The Morgan fingerprint density at radius 1 is 1.12 bits per heavy atom. The maximum absolute atomic E-state index is 13.1. The molecule has 0 saturated carbocycles. The molecule has 17 heavy (non-hydrogen) atoms. The van der Waals surface area contributed by atoms with Crippen molar-refractivity contribution in [3.8, 4) is 11.5 Å². The third kappa shape index (κ3) is 2.21. The Kier molecular flexibility index (Phi) is 2.76. The van der Waals surface area contributed by atoms with Gasteiger partial charge in [-0.25, -0.2) is 0 Å². The van der Waals surface area contributed by atoms with E-state index in [0.717, 1.165) is 5.56 Å². The van der Waals surface area contributed by atoms with Gasteiger partial charge >= 0.3 is 6.29 Å². The van der Waals surface area contributed by atoms with E-state index in [1.807, 2.05) is 27.7 Å². The lowest BCUT2D eigenvalue weighted by Crippen LogP contribution is -2.26. The fourth-order valence-electron chi connectivity index (χ4n) is 1.75. The van der Waals surface area contributed by atoms with Gasteiger partial charge in [-0.1, -0.05) is 27.7 Å². The van der Waals surface area contributed by atoms with Crippen LogP contribution in [0.2, 0.25) is 0 Å².